The van der Waals surface area contributed by atoms with E-state index in [9.17, 15) is 13.2 Å². The van der Waals surface area contributed by atoms with Crippen LogP contribution in [-0.2, 0) is 6.18 Å². The van der Waals surface area contributed by atoms with Crippen molar-refractivity contribution in [1.29, 1.82) is 0 Å². The maximum absolute atomic E-state index is 13.4. The van der Waals surface area contributed by atoms with E-state index in [-0.39, 0.29) is 16.8 Å². The summed E-state index contributed by atoms with van der Waals surface area (Å²) in [5.74, 6) is 1.44. The molecule has 0 aliphatic carbocycles. The molecule has 8 heteroatoms. The van der Waals surface area contributed by atoms with Crippen molar-refractivity contribution in [3.8, 4) is 11.5 Å². The van der Waals surface area contributed by atoms with Crippen LogP contribution in [0, 0.1) is 0 Å². The molecule has 4 nitrogen and oxygen atoms in total. The van der Waals surface area contributed by atoms with E-state index in [2.05, 4.69) is 5.10 Å². The molecule has 4 rings (SSSR count). The van der Waals surface area contributed by atoms with Gasteiger partial charge in [-0.2, -0.15) is 18.3 Å². The fourth-order valence-corrected chi connectivity index (χ4v) is 3.92. The molecule has 0 spiro atoms. The number of halogens is 4. The van der Waals surface area contributed by atoms with E-state index in [1.807, 2.05) is 60.7 Å². The number of benzene rings is 3. The van der Waals surface area contributed by atoms with Gasteiger partial charge in [-0.05, 0) is 59.7 Å². The third-order valence-electron chi connectivity index (χ3n) is 5.54. The maximum Gasteiger partial charge on any atom is 0.416 e. The van der Waals surface area contributed by atoms with Crippen molar-refractivity contribution in [2.24, 2.45) is 5.10 Å². The highest BCUT2D eigenvalue weighted by Crippen LogP contribution is 2.42. The highest BCUT2D eigenvalue weighted by atomic mass is 35.5. The molecule has 0 fully saturated rings. The summed E-state index contributed by atoms with van der Waals surface area (Å²) in [5, 5.41) is 6.40. The van der Waals surface area contributed by atoms with Crippen LogP contribution in [0.1, 0.15) is 29.2 Å². The van der Waals surface area contributed by atoms with Gasteiger partial charge >= 0.3 is 6.18 Å². The summed E-state index contributed by atoms with van der Waals surface area (Å²) in [6, 6.07) is 17.8. The minimum absolute atomic E-state index is 0.190. The predicted octanol–water partition coefficient (Wildman–Crippen LogP) is 7.40. The molecule has 3 aromatic rings. The molecule has 0 amide bonds. The van der Waals surface area contributed by atoms with Crippen LogP contribution in [0.25, 0.3) is 6.08 Å². The number of hydrogen-bond donors (Lipinski definition) is 0. The second-order valence-electron chi connectivity index (χ2n) is 7.70. The zero-order chi connectivity index (χ0) is 24.3. The van der Waals surface area contributed by atoms with Crippen LogP contribution in [0.4, 0.5) is 18.9 Å². The molecule has 1 aliphatic rings. The zero-order valence-electron chi connectivity index (χ0n) is 18.5. The molecule has 1 aliphatic heterocycles. The largest absolute Gasteiger partial charge is 0.497 e. The molecule has 176 valence electrons. The van der Waals surface area contributed by atoms with E-state index in [0.29, 0.717) is 17.9 Å². The first-order chi connectivity index (χ1) is 16.3. The van der Waals surface area contributed by atoms with Crippen LogP contribution in [0.3, 0.4) is 0 Å². The second-order valence-corrected chi connectivity index (χ2v) is 8.11. The first-order valence-corrected chi connectivity index (χ1v) is 10.9. The number of anilines is 1. The molecule has 1 heterocycles. The minimum atomic E-state index is -4.49. The van der Waals surface area contributed by atoms with Crippen LogP contribution >= 0.6 is 11.6 Å². The highest BCUT2D eigenvalue weighted by molar-refractivity contribution is 6.33. The van der Waals surface area contributed by atoms with Crippen LogP contribution in [0.5, 0.6) is 11.5 Å². The fourth-order valence-electron chi connectivity index (χ4n) is 3.71. The molecular weight excluding hydrogens is 465 g/mol. The van der Waals surface area contributed by atoms with Gasteiger partial charge in [0, 0.05) is 6.42 Å². The number of rotatable bonds is 6. The van der Waals surface area contributed by atoms with Gasteiger partial charge in [-0.25, -0.2) is 0 Å². The van der Waals surface area contributed by atoms with Crippen molar-refractivity contribution in [3.63, 3.8) is 0 Å². The first kappa shape index (κ1) is 23.7. The molecule has 1 unspecified atom stereocenters. The average Bonchev–Trinajstić information content (AvgIpc) is 3.26. The minimum Gasteiger partial charge on any atom is -0.497 e. The lowest BCUT2D eigenvalue weighted by Crippen LogP contribution is -2.19. The number of ether oxygens (including phenoxy) is 2. The molecule has 0 radical (unpaired) electrons. The molecule has 0 aromatic heterocycles. The number of hydrogen-bond acceptors (Lipinski definition) is 4. The maximum atomic E-state index is 13.4. The average molecular weight is 487 g/mol. The lowest BCUT2D eigenvalue weighted by molar-refractivity contribution is -0.137. The fraction of sp³-hybridized carbons (Fsp3) is 0.192. The highest BCUT2D eigenvalue weighted by Gasteiger charge is 2.34. The number of allylic oxidation sites excluding steroid dienone is 1. The van der Waals surface area contributed by atoms with Crippen molar-refractivity contribution < 1.29 is 22.6 Å². The van der Waals surface area contributed by atoms with E-state index < -0.39 is 11.7 Å². The summed E-state index contributed by atoms with van der Waals surface area (Å²) in [6.07, 6.45) is -0.235. The van der Waals surface area contributed by atoms with Gasteiger partial charge in [-0.1, -0.05) is 41.9 Å². The first-order valence-electron chi connectivity index (χ1n) is 10.5. The van der Waals surface area contributed by atoms with Gasteiger partial charge in [0.1, 0.15) is 11.5 Å². The number of alkyl halides is 3. The van der Waals surface area contributed by atoms with Crippen LogP contribution in [-0.4, -0.2) is 19.9 Å². The number of nitrogens with zero attached hydrogens (tertiary/aromatic N) is 2. The smallest absolute Gasteiger partial charge is 0.416 e. The molecule has 0 saturated heterocycles. The zero-order valence-corrected chi connectivity index (χ0v) is 19.3. The van der Waals surface area contributed by atoms with Gasteiger partial charge in [0.2, 0.25) is 0 Å². The Bertz CT molecular complexity index is 1210. The van der Waals surface area contributed by atoms with Crippen LogP contribution in [0.15, 0.2) is 77.9 Å². The Labute approximate surface area is 200 Å². The van der Waals surface area contributed by atoms with E-state index in [1.54, 1.807) is 19.2 Å². The monoisotopic (exact) mass is 486 g/mol. The summed E-state index contributed by atoms with van der Waals surface area (Å²) in [7, 11) is 3.18. The Morgan fingerprint density at radius 1 is 0.912 bits per heavy atom. The van der Waals surface area contributed by atoms with Gasteiger partial charge in [0.15, 0.2) is 0 Å². The molecule has 34 heavy (non-hydrogen) atoms. The topological polar surface area (TPSA) is 34.1 Å². The summed E-state index contributed by atoms with van der Waals surface area (Å²) < 4.78 is 50.6. The van der Waals surface area contributed by atoms with Gasteiger partial charge < -0.3 is 9.47 Å². The van der Waals surface area contributed by atoms with Gasteiger partial charge in [-0.15, -0.1) is 0 Å². The third-order valence-corrected chi connectivity index (χ3v) is 5.86. The lowest BCUT2D eigenvalue weighted by atomic mass is 10.0. The van der Waals surface area contributed by atoms with Crippen molar-refractivity contribution in [3.05, 3.63) is 94.5 Å². The van der Waals surface area contributed by atoms with E-state index in [1.165, 1.54) is 6.07 Å². The molecule has 0 N–H and O–H groups in total. The third kappa shape index (κ3) is 5.20. The summed E-state index contributed by atoms with van der Waals surface area (Å²) >= 11 is 6.35. The quantitative estimate of drug-likeness (QED) is 0.364. The summed E-state index contributed by atoms with van der Waals surface area (Å²) in [5.41, 5.74) is 1.96. The molecule has 1 atom stereocenters. The van der Waals surface area contributed by atoms with E-state index in [4.69, 9.17) is 21.1 Å². The Morgan fingerprint density at radius 2 is 1.53 bits per heavy atom. The van der Waals surface area contributed by atoms with Gasteiger partial charge in [-0.3, -0.25) is 5.01 Å². The number of hydrazone groups is 1. The van der Waals surface area contributed by atoms with E-state index in [0.717, 1.165) is 29.0 Å². The van der Waals surface area contributed by atoms with Gasteiger partial charge in [0.05, 0.1) is 42.2 Å². The molecule has 0 bridgehead atoms. The lowest BCUT2D eigenvalue weighted by Gasteiger charge is -2.25. The second kappa shape index (κ2) is 9.81. The van der Waals surface area contributed by atoms with Crippen molar-refractivity contribution >= 4 is 29.1 Å². The van der Waals surface area contributed by atoms with Crippen molar-refractivity contribution in [2.75, 3.05) is 19.2 Å². The SMILES string of the molecule is COc1ccc(/C=C/C2=NN(c3cc(C(F)(F)F)ccc3Cl)C(c3ccc(OC)cc3)C2)cc1. The molecule has 3 aromatic carbocycles. The van der Waals surface area contributed by atoms with Crippen LogP contribution < -0.4 is 14.5 Å². The molecule has 0 saturated carbocycles. The normalized spacial score (nSPS) is 16.1. The Kier molecular flexibility index (Phi) is 6.84. The van der Waals surface area contributed by atoms with E-state index >= 15 is 0 Å². The molecular formula is C26H22ClF3N2O2. The van der Waals surface area contributed by atoms with Crippen molar-refractivity contribution in [1.82, 2.24) is 0 Å². The predicted molar refractivity (Wildman–Crippen MR) is 129 cm³/mol. The Morgan fingerprint density at radius 3 is 2.12 bits per heavy atom. The van der Waals surface area contributed by atoms with Gasteiger partial charge in [0.25, 0.3) is 0 Å². The Hall–Kier alpha value is -3.45. The summed E-state index contributed by atoms with van der Waals surface area (Å²) in [6.45, 7) is 0. The number of methoxy groups -OCH3 is 2. The van der Waals surface area contributed by atoms with Crippen molar-refractivity contribution in [2.45, 2.75) is 18.6 Å². The van der Waals surface area contributed by atoms with Crippen LogP contribution in [0.2, 0.25) is 5.02 Å². The standard InChI is InChI=1S/C26H22ClF3N2O2/c1-33-21-10-4-17(5-11-21)3-9-20-16-24(18-6-12-22(34-2)13-7-18)32(31-20)25-15-19(26(28,29)30)8-14-23(25)27/h3-15,24H,16H2,1-2H3/b9-3+. The Balaban J connectivity index is 1.70. The summed E-state index contributed by atoms with van der Waals surface area (Å²) in [4.78, 5) is 0.